The molecule has 0 radical (unpaired) electrons. The van der Waals surface area contributed by atoms with Crippen molar-refractivity contribution in [2.45, 2.75) is 6.42 Å². The Kier molecular flexibility index (Phi) is 4.10. The Morgan fingerprint density at radius 2 is 1.41 bits per heavy atom. The van der Waals surface area contributed by atoms with Gasteiger partial charge in [0.1, 0.15) is 11.2 Å². The van der Waals surface area contributed by atoms with Crippen molar-refractivity contribution in [3.05, 3.63) is 119 Å². The molecule has 4 nitrogen and oxygen atoms in total. The summed E-state index contributed by atoms with van der Waals surface area (Å²) in [4.78, 5) is 13.5. The van der Waals surface area contributed by atoms with Gasteiger partial charge < -0.3 is 5.11 Å². The third kappa shape index (κ3) is 2.86. The van der Waals surface area contributed by atoms with Crippen molar-refractivity contribution >= 4 is 16.6 Å². The molecule has 2 aromatic heterocycles. The summed E-state index contributed by atoms with van der Waals surface area (Å²) in [5.41, 5.74) is 2.99. The van der Waals surface area contributed by atoms with Crippen LogP contribution in [0.15, 0.2) is 102 Å². The lowest BCUT2D eigenvalue weighted by Crippen LogP contribution is -2.39. The van der Waals surface area contributed by atoms with E-state index in [4.69, 9.17) is 0 Å². The van der Waals surface area contributed by atoms with Gasteiger partial charge in [-0.25, -0.2) is 9.20 Å². The summed E-state index contributed by atoms with van der Waals surface area (Å²) in [6, 6.07) is 30.6. The molecule has 0 atom stereocenters. The second-order valence-corrected chi connectivity index (χ2v) is 7.01. The second kappa shape index (κ2) is 6.91. The lowest BCUT2D eigenvalue weighted by atomic mass is 10.1. The standard InChI is InChI=1S/C25H18N2O2/c28-24-21(17-18-9-3-1-4-10-18)25(29)27-22-14-8-7-11-19(22)15-16-23(27)26(24)20-12-5-2-6-13-20/h1-16H,17H2. The first-order chi connectivity index (χ1) is 14.2. The normalized spacial score (nSPS) is 11.2. The smallest absolute Gasteiger partial charge is 0.345 e. The molecule has 4 heteroatoms. The number of hydrogen-bond acceptors (Lipinski definition) is 2. The van der Waals surface area contributed by atoms with E-state index >= 15 is 0 Å². The number of rotatable bonds is 3. The Balaban J connectivity index is 1.92. The highest BCUT2D eigenvalue weighted by molar-refractivity contribution is 5.77. The second-order valence-electron chi connectivity index (χ2n) is 7.01. The maximum atomic E-state index is 13.5. The molecule has 0 aliphatic carbocycles. The summed E-state index contributed by atoms with van der Waals surface area (Å²) in [5.74, 6) is -0.266. The van der Waals surface area contributed by atoms with Gasteiger partial charge in [0.2, 0.25) is 0 Å². The minimum Gasteiger partial charge on any atom is -0.842 e. The predicted molar refractivity (Wildman–Crippen MR) is 111 cm³/mol. The van der Waals surface area contributed by atoms with Gasteiger partial charge in [0, 0.05) is 17.9 Å². The molecule has 0 amide bonds. The Bertz CT molecular complexity index is 1390. The quantitative estimate of drug-likeness (QED) is 0.357. The molecule has 0 spiro atoms. The first-order valence-corrected chi connectivity index (χ1v) is 9.52. The van der Waals surface area contributed by atoms with Crippen molar-refractivity contribution in [3.63, 3.8) is 0 Å². The number of para-hydroxylation sites is 2. The van der Waals surface area contributed by atoms with Crippen molar-refractivity contribution in [3.8, 4) is 11.6 Å². The Morgan fingerprint density at radius 1 is 0.759 bits per heavy atom. The van der Waals surface area contributed by atoms with E-state index in [1.165, 1.54) is 0 Å². The fraction of sp³-hybridized carbons (Fsp3) is 0.0400. The predicted octanol–water partition coefficient (Wildman–Crippen LogP) is 3.39. The van der Waals surface area contributed by atoms with Crippen molar-refractivity contribution < 1.29 is 9.51 Å². The number of aromatic nitrogens is 2. The zero-order chi connectivity index (χ0) is 19.8. The van der Waals surface area contributed by atoms with Gasteiger partial charge >= 0.3 is 5.56 Å². The van der Waals surface area contributed by atoms with Gasteiger partial charge in [0.25, 0.3) is 5.65 Å². The van der Waals surface area contributed by atoms with Gasteiger partial charge in [-0.3, -0.25) is 0 Å². The summed E-state index contributed by atoms with van der Waals surface area (Å²) in [6.45, 7) is 0. The lowest BCUT2D eigenvalue weighted by Gasteiger charge is -2.16. The van der Waals surface area contributed by atoms with Crippen LogP contribution in [0.25, 0.3) is 22.2 Å². The summed E-state index contributed by atoms with van der Waals surface area (Å²) in [7, 11) is 0. The molecule has 5 rings (SSSR count). The molecule has 0 saturated heterocycles. The summed E-state index contributed by atoms with van der Waals surface area (Å²) >= 11 is 0. The molecular formula is C25H18N2O2. The highest BCUT2D eigenvalue weighted by Crippen LogP contribution is 2.19. The molecule has 2 heterocycles. The third-order valence-electron chi connectivity index (χ3n) is 5.21. The molecule has 0 aliphatic rings. The van der Waals surface area contributed by atoms with E-state index < -0.39 is 0 Å². The zero-order valence-electron chi connectivity index (χ0n) is 15.7. The van der Waals surface area contributed by atoms with E-state index in [0.717, 1.165) is 22.2 Å². The molecule has 0 fully saturated rings. The van der Waals surface area contributed by atoms with Gasteiger partial charge in [-0.05, 0) is 29.8 Å². The van der Waals surface area contributed by atoms with Crippen molar-refractivity contribution in [1.29, 1.82) is 0 Å². The Morgan fingerprint density at radius 3 is 2.17 bits per heavy atom. The van der Waals surface area contributed by atoms with Gasteiger partial charge in [0.15, 0.2) is 0 Å². The van der Waals surface area contributed by atoms with E-state index in [1.807, 2.05) is 97.1 Å². The average molecular weight is 378 g/mol. The fourth-order valence-electron chi connectivity index (χ4n) is 3.83. The van der Waals surface area contributed by atoms with Crippen LogP contribution in [0.5, 0.6) is 5.88 Å². The maximum Gasteiger partial charge on any atom is 0.345 e. The molecule has 140 valence electrons. The topological polar surface area (TPSA) is 49.2 Å². The first kappa shape index (κ1) is 17.2. The molecule has 5 aromatic rings. The Hall–Kier alpha value is -3.92. The average Bonchev–Trinajstić information content (AvgIpc) is 2.78. The Labute approximate surface area is 167 Å². The summed E-state index contributed by atoms with van der Waals surface area (Å²) < 4.78 is 3.29. The van der Waals surface area contributed by atoms with E-state index in [2.05, 4.69) is 0 Å². The molecule has 0 saturated carbocycles. The minimum atomic E-state index is -0.277. The molecule has 3 aromatic carbocycles. The SMILES string of the molecule is O=c1c(Cc2ccccc2)c([O-])[n+]2c3ccccc3ccc2n1-c1ccccc1. The van der Waals surface area contributed by atoms with E-state index in [0.29, 0.717) is 5.65 Å². The van der Waals surface area contributed by atoms with E-state index in [9.17, 15) is 9.90 Å². The number of fused-ring (bicyclic) bond motifs is 3. The monoisotopic (exact) mass is 378 g/mol. The number of pyridine rings is 1. The van der Waals surface area contributed by atoms with Crippen LogP contribution in [0.3, 0.4) is 0 Å². The minimum absolute atomic E-state index is 0.258. The lowest BCUT2D eigenvalue weighted by molar-refractivity contribution is -0.566. The number of hydrogen-bond donors (Lipinski definition) is 0. The van der Waals surface area contributed by atoms with Crippen LogP contribution in [0.2, 0.25) is 0 Å². The van der Waals surface area contributed by atoms with Gasteiger partial charge in [-0.15, -0.1) is 0 Å². The van der Waals surface area contributed by atoms with Crippen LogP contribution in [0.4, 0.5) is 0 Å². The fourth-order valence-corrected chi connectivity index (χ4v) is 3.83. The van der Waals surface area contributed by atoms with Gasteiger partial charge in [0.05, 0.1) is 11.4 Å². The van der Waals surface area contributed by atoms with Gasteiger partial charge in [-0.2, -0.15) is 4.57 Å². The molecule has 29 heavy (non-hydrogen) atoms. The van der Waals surface area contributed by atoms with Crippen molar-refractivity contribution in [1.82, 2.24) is 4.57 Å². The number of benzene rings is 3. The highest BCUT2D eigenvalue weighted by Gasteiger charge is 2.22. The summed E-state index contributed by atoms with van der Waals surface area (Å²) in [6.07, 6.45) is 0.289. The third-order valence-corrected chi connectivity index (χ3v) is 5.21. The molecule has 0 bridgehead atoms. The molecule has 0 unspecified atom stereocenters. The van der Waals surface area contributed by atoms with Crippen molar-refractivity contribution in [2.75, 3.05) is 0 Å². The highest BCUT2D eigenvalue weighted by atomic mass is 16.3. The molecule has 0 N–H and O–H groups in total. The number of nitrogens with zero attached hydrogens (tertiary/aromatic N) is 2. The van der Waals surface area contributed by atoms with Crippen LogP contribution < -0.4 is 15.1 Å². The van der Waals surface area contributed by atoms with Crippen molar-refractivity contribution in [2.24, 2.45) is 0 Å². The van der Waals surface area contributed by atoms with Gasteiger partial charge in [-0.1, -0.05) is 66.7 Å². The zero-order valence-corrected chi connectivity index (χ0v) is 15.7. The van der Waals surface area contributed by atoms with Crippen LogP contribution in [0, 0.1) is 0 Å². The largest absolute Gasteiger partial charge is 0.842 e. The molecular weight excluding hydrogens is 360 g/mol. The van der Waals surface area contributed by atoms with Crippen LogP contribution in [-0.4, -0.2) is 4.57 Å². The maximum absolute atomic E-state index is 13.5. The first-order valence-electron chi connectivity index (χ1n) is 9.52. The summed E-state index contributed by atoms with van der Waals surface area (Å²) in [5, 5.41) is 14.5. The molecule has 0 aliphatic heterocycles. The van der Waals surface area contributed by atoms with Crippen LogP contribution in [-0.2, 0) is 6.42 Å². The van der Waals surface area contributed by atoms with Crippen LogP contribution >= 0.6 is 0 Å². The van der Waals surface area contributed by atoms with Crippen LogP contribution in [0.1, 0.15) is 11.1 Å². The van der Waals surface area contributed by atoms with E-state index in [1.54, 1.807) is 8.97 Å². The van der Waals surface area contributed by atoms with E-state index in [-0.39, 0.29) is 23.4 Å².